The van der Waals surface area contributed by atoms with E-state index in [0.717, 1.165) is 0 Å². The van der Waals surface area contributed by atoms with Gasteiger partial charge in [-0.15, -0.1) is 5.06 Å². The number of hydrogen-bond donors (Lipinski definition) is 0. The number of hydroxylamine groups is 2. The number of benzene rings is 1. The van der Waals surface area contributed by atoms with Crippen molar-refractivity contribution in [2.24, 2.45) is 0 Å². The van der Waals surface area contributed by atoms with E-state index in [-0.39, 0.29) is 29.7 Å². The van der Waals surface area contributed by atoms with E-state index in [0.29, 0.717) is 21.8 Å². The summed E-state index contributed by atoms with van der Waals surface area (Å²) in [6.45, 7) is 1.65. The Morgan fingerprint density at radius 1 is 1.11 bits per heavy atom. The molecule has 1 saturated heterocycles. The van der Waals surface area contributed by atoms with Crippen LogP contribution in [0.1, 0.15) is 24.0 Å². The molecule has 2 amide bonds. The fourth-order valence-electron chi connectivity index (χ4n) is 2.91. The van der Waals surface area contributed by atoms with Gasteiger partial charge in [0.25, 0.3) is 11.8 Å². The number of carbonyl (C=O) groups excluding carboxylic acids is 3. The number of ether oxygens (including phenoxy) is 2. The normalized spacial score (nSPS) is 14.0. The summed E-state index contributed by atoms with van der Waals surface area (Å²) in [6, 6.07) is 3.33. The number of rotatable bonds is 5. The Morgan fingerprint density at radius 2 is 1.78 bits per heavy atom. The molecular weight excluding hydrogens is 358 g/mol. The predicted molar refractivity (Wildman–Crippen MR) is 91.2 cm³/mol. The van der Waals surface area contributed by atoms with E-state index in [1.165, 1.54) is 14.2 Å². The number of hydrogen-bond acceptors (Lipinski definition) is 8. The molecule has 0 aliphatic carbocycles. The molecule has 9 heteroatoms. The Kier molecular flexibility index (Phi) is 4.85. The van der Waals surface area contributed by atoms with Crippen LogP contribution < -0.4 is 15.1 Å². The van der Waals surface area contributed by atoms with Gasteiger partial charge in [0, 0.05) is 18.2 Å². The molecule has 0 N–H and O–H groups in total. The number of nitrogens with zero attached hydrogens (tertiary/aromatic N) is 1. The average Bonchev–Trinajstić information content (AvgIpc) is 2.96. The summed E-state index contributed by atoms with van der Waals surface area (Å²) in [5, 5.41) is 0.997. The van der Waals surface area contributed by atoms with Crippen LogP contribution in [0.15, 0.2) is 21.3 Å². The molecule has 27 heavy (non-hydrogen) atoms. The van der Waals surface area contributed by atoms with Gasteiger partial charge < -0.3 is 18.7 Å². The summed E-state index contributed by atoms with van der Waals surface area (Å²) in [7, 11) is 2.88. The van der Waals surface area contributed by atoms with E-state index in [9.17, 15) is 19.2 Å². The van der Waals surface area contributed by atoms with Crippen LogP contribution in [0.25, 0.3) is 11.0 Å². The Hall–Kier alpha value is -3.36. The van der Waals surface area contributed by atoms with Gasteiger partial charge in [0.1, 0.15) is 0 Å². The first-order valence-corrected chi connectivity index (χ1v) is 8.11. The van der Waals surface area contributed by atoms with Crippen LogP contribution in [-0.4, -0.2) is 37.1 Å². The molecular formula is C18H17NO8. The number of fused-ring (bicyclic) bond motifs is 1. The number of imide groups is 1. The van der Waals surface area contributed by atoms with Crippen LogP contribution in [0.4, 0.5) is 0 Å². The molecule has 2 heterocycles. The van der Waals surface area contributed by atoms with Gasteiger partial charge >= 0.3 is 11.6 Å². The first kappa shape index (κ1) is 18.4. The standard InChI is InChI=1S/C18H17NO8/c1-9-10-4-5-12(24-2)17(25-3)16(10)26-18(23)11(9)8-15(22)27-19-13(20)6-7-14(19)21/h4-5H,6-8H2,1-3H3. The quantitative estimate of drug-likeness (QED) is 0.567. The fourth-order valence-corrected chi connectivity index (χ4v) is 2.91. The molecule has 1 aromatic heterocycles. The van der Waals surface area contributed by atoms with Crippen LogP contribution in [-0.2, 0) is 25.6 Å². The summed E-state index contributed by atoms with van der Waals surface area (Å²) in [5.41, 5.74) is 0.0148. The molecule has 0 radical (unpaired) electrons. The van der Waals surface area contributed by atoms with Crippen LogP contribution in [0.3, 0.4) is 0 Å². The largest absolute Gasteiger partial charge is 0.493 e. The van der Waals surface area contributed by atoms with Gasteiger partial charge in [-0.25, -0.2) is 9.59 Å². The Balaban J connectivity index is 1.95. The first-order chi connectivity index (χ1) is 12.9. The molecule has 0 saturated carbocycles. The van der Waals surface area contributed by atoms with Gasteiger partial charge in [0.2, 0.25) is 5.75 Å². The van der Waals surface area contributed by atoms with Crippen LogP contribution in [0.5, 0.6) is 11.5 Å². The van der Waals surface area contributed by atoms with E-state index < -0.39 is 29.8 Å². The molecule has 9 nitrogen and oxygen atoms in total. The van der Waals surface area contributed by atoms with Crippen molar-refractivity contribution in [3.05, 3.63) is 33.7 Å². The van der Waals surface area contributed by atoms with Crippen LogP contribution in [0, 0.1) is 6.92 Å². The summed E-state index contributed by atoms with van der Waals surface area (Å²) < 4.78 is 15.8. The second kappa shape index (κ2) is 7.10. The third-order valence-corrected chi connectivity index (χ3v) is 4.32. The van der Waals surface area contributed by atoms with Gasteiger partial charge in [-0.1, -0.05) is 0 Å². The van der Waals surface area contributed by atoms with Crippen molar-refractivity contribution < 1.29 is 33.1 Å². The number of methoxy groups -OCH3 is 2. The lowest BCUT2D eigenvalue weighted by atomic mass is 10.0. The molecule has 3 rings (SSSR count). The maximum atomic E-state index is 12.4. The Bertz CT molecular complexity index is 991. The van der Waals surface area contributed by atoms with Crippen molar-refractivity contribution in [2.45, 2.75) is 26.2 Å². The second-order valence-corrected chi connectivity index (χ2v) is 5.89. The van der Waals surface area contributed by atoms with Gasteiger partial charge in [0.05, 0.1) is 26.2 Å². The molecule has 142 valence electrons. The topological polar surface area (TPSA) is 112 Å². The van der Waals surface area contributed by atoms with E-state index in [1.807, 2.05) is 0 Å². The SMILES string of the molecule is COc1ccc2c(C)c(CC(=O)ON3C(=O)CCC3=O)c(=O)oc2c1OC. The van der Waals surface area contributed by atoms with E-state index >= 15 is 0 Å². The minimum atomic E-state index is -0.908. The van der Waals surface area contributed by atoms with Crippen molar-refractivity contribution >= 4 is 28.8 Å². The number of carbonyl (C=O) groups is 3. The van der Waals surface area contributed by atoms with E-state index in [2.05, 4.69) is 0 Å². The van der Waals surface area contributed by atoms with Crippen molar-refractivity contribution in [3.63, 3.8) is 0 Å². The maximum Gasteiger partial charge on any atom is 0.340 e. The average molecular weight is 375 g/mol. The highest BCUT2D eigenvalue weighted by Gasteiger charge is 2.33. The van der Waals surface area contributed by atoms with Gasteiger partial charge in [-0.05, 0) is 24.6 Å². The van der Waals surface area contributed by atoms with Crippen molar-refractivity contribution in [1.82, 2.24) is 5.06 Å². The zero-order chi connectivity index (χ0) is 19.7. The summed E-state index contributed by atoms with van der Waals surface area (Å²) in [6.07, 6.45) is -0.467. The third kappa shape index (κ3) is 3.23. The highest BCUT2D eigenvalue weighted by molar-refractivity contribution is 6.01. The van der Waals surface area contributed by atoms with E-state index in [4.69, 9.17) is 18.7 Å². The molecule has 0 spiro atoms. The number of amides is 2. The zero-order valence-electron chi connectivity index (χ0n) is 15.0. The smallest absolute Gasteiger partial charge is 0.340 e. The highest BCUT2D eigenvalue weighted by atomic mass is 16.7. The summed E-state index contributed by atoms with van der Waals surface area (Å²) >= 11 is 0. The van der Waals surface area contributed by atoms with Gasteiger partial charge in [0.15, 0.2) is 11.3 Å². The van der Waals surface area contributed by atoms with Crippen molar-refractivity contribution in [2.75, 3.05) is 14.2 Å². The zero-order valence-corrected chi connectivity index (χ0v) is 15.0. The molecule has 0 atom stereocenters. The first-order valence-electron chi connectivity index (χ1n) is 8.11. The van der Waals surface area contributed by atoms with Crippen LogP contribution >= 0.6 is 0 Å². The highest BCUT2D eigenvalue weighted by Crippen LogP contribution is 2.36. The molecule has 1 aliphatic heterocycles. The van der Waals surface area contributed by atoms with Gasteiger partial charge in [-0.3, -0.25) is 9.59 Å². The van der Waals surface area contributed by atoms with E-state index in [1.54, 1.807) is 19.1 Å². The Labute approximate surface area is 153 Å². The number of aryl methyl sites for hydroxylation is 1. The summed E-state index contributed by atoms with van der Waals surface area (Å²) in [5.74, 6) is -1.43. The fraction of sp³-hybridized carbons (Fsp3) is 0.333. The van der Waals surface area contributed by atoms with Crippen molar-refractivity contribution in [1.29, 1.82) is 0 Å². The third-order valence-electron chi connectivity index (χ3n) is 4.32. The molecule has 0 bridgehead atoms. The second-order valence-electron chi connectivity index (χ2n) is 5.89. The lowest BCUT2D eigenvalue weighted by molar-refractivity contribution is -0.197. The Morgan fingerprint density at radius 3 is 2.37 bits per heavy atom. The minimum Gasteiger partial charge on any atom is -0.493 e. The predicted octanol–water partition coefficient (Wildman–Crippen LogP) is 1.27. The summed E-state index contributed by atoms with van der Waals surface area (Å²) in [4.78, 5) is 52.4. The molecule has 1 aromatic carbocycles. The molecule has 1 aliphatic rings. The maximum absolute atomic E-state index is 12.4. The van der Waals surface area contributed by atoms with Crippen LogP contribution in [0.2, 0.25) is 0 Å². The van der Waals surface area contributed by atoms with Gasteiger partial charge in [-0.2, -0.15) is 0 Å². The molecule has 0 unspecified atom stereocenters. The monoisotopic (exact) mass is 375 g/mol. The minimum absolute atomic E-state index is 0.00905. The van der Waals surface area contributed by atoms with Crippen molar-refractivity contribution in [3.8, 4) is 11.5 Å². The lowest BCUT2D eigenvalue weighted by Gasteiger charge is -2.14. The lowest BCUT2D eigenvalue weighted by Crippen LogP contribution is -2.33. The molecule has 1 fully saturated rings. The molecule has 2 aromatic rings.